The lowest BCUT2D eigenvalue weighted by atomic mass is 9.88. The second-order valence-electron chi connectivity index (χ2n) is 8.78. The fourth-order valence-corrected chi connectivity index (χ4v) is 4.16. The van der Waals surface area contributed by atoms with Crippen molar-refractivity contribution in [1.82, 2.24) is 0 Å². The van der Waals surface area contributed by atoms with E-state index < -0.39 is 17.6 Å². The third-order valence-electron chi connectivity index (χ3n) is 6.03. The van der Waals surface area contributed by atoms with Crippen LogP contribution in [0.3, 0.4) is 0 Å². The molecule has 1 saturated carbocycles. The van der Waals surface area contributed by atoms with Crippen LogP contribution in [-0.2, 0) is 20.7 Å². The Morgan fingerprint density at radius 2 is 1.87 bits per heavy atom. The second kappa shape index (κ2) is 12.6. The number of ketones is 1. The minimum absolute atomic E-state index is 0.0603. The van der Waals surface area contributed by atoms with Gasteiger partial charge in [-0.25, -0.2) is 0 Å². The highest BCUT2D eigenvalue weighted by atomic mass is 16.5. The molecule has 0 aliphatic heterocycles. The van der Waals surface area contributed by atoms with Crippen LogP contribution in [-0.4, -0.2) is 40.8 Å². The maximum Gasteiger partial charge on any atom is 0.305 e. The number of rotatable bonds is 11. The highest BCUT2D eigenvalue weighted by Crippen LogP contribution is 2.33. The van der Waals surface area contributed by atoms with Crippen LogP contribution in [0, 0.1) is 23.7 Å². The van der Waals surface area contributed by atoms with Gasteiger partial charge < -0.3 is 14.9 Å². The van der Waals surface area contributed by atoms with Crippen molar-refractivity contribution in [2.75, 3.05) is 7.11 Å². The van der Waals surface area contributed by atoms with Crippen molar-refractivity contribution >= 4 is 11.8 Å². The Morgan fingerprint density at radius 3 is 2.58 bits per heavy atom. The molecule has 2 rings (SSSR count). The summed E-state index contributed by atoms with van der Waals surface area (Å²) in [6, 6.07) is 10.1. The van der Waals surface area contributed by atoms with Crippen LogP contribution >= 0.6 is 0 Å². The van der Waals surface area contributed by atoms with Crippen molar-refractivity contribution in [3.63, 3.8) is 0 Å². The van der Waals surface area contributed by atoms with Gasteiger partial charge in [0.05, 0.1) is 19.1 Å². The number of esters is 1. The molecule has 170 valence electrons. The van der Waals surface area contributed by atoms with E-state index >= 15 is 0 Å². The second-order valence-corrected chi connectivity index (χ2v) is 8.78. The molecule has 5 nitrogen and oxygen atoms in total. The fraction of sp³-hybridized carbons (Fsp3) is 0.615. The molecule has 1 aromatic carbocycles. The summed E-state index contributed by atoms with van der Waals surface area (Å²) in [6.07, 6.45) is 6.19. The van der Waals surface area contributed by atoms with Crippen molar-refractivity contribution < 1.29 is 24.5 Å². The van der Waals surface area contributed by atoms with Gasteiger partial charge >= 0.3 is 5.97 Å². The van der Waals surface area contributed by atoms with E-state index in [1.807, 2.05) is 18.2 Å². The average Bonchev–Trinajstić information content (AvgIpc) is 3.01. The molecule has 4 atom stereocenters. The first-order chi connectivity index (χ1) is 14.8. The van der Waals surface area contributed by atoms with Gasteiger partial charge in [-0.3, -0.25) is 9.59 Å². The highest BCUT2D eigenvalue weighted by Gasteiger charge is 2.40. The van der Waals surface area contributed by atoms with Crippen LogP contribution in [0.1, 0.15) is 70.3 Å². The van der Waals surface area contributed by atoms with Gasteiger partial charge in [0.25, 0.3) is 0 Å². The van der Waals surface area contributed by atoms with Gasteiger partial charge in [0.15, 0.2) is 0 Å². The maximum atomic E-state index is 12.3. The highest BCUT2D eigenvalue weighted by molar-refractivity contribution is 5.85. The van der Waals surface area contributed by atoms with E-state index in [-0.39, 0.29) is 24.1 Å². The first-order valence-electron chi connectivity index (χ1n) is 11.4. The molecule has 0 heterocycles. The van der Waals surface area contributed by atoms with E-state index in [1.165, 1.54) is 12.7 Å². The third kappa shape index (κ3) is 8.85. The maximum absolute atomic E-state index is 12.3. The number of benzene rings is 1. The summed E-state index contributed by atoms with van der Waals surface area (Å²) in [5.41, 5.74) is 0.0909. The van der Waals surface area contributed by atoms with Crippen molar-refractivity contribution in [2.45, 2.75) is 82.8 Å². The van der Waals surface area contributed by atoms with Crippen molar-refractivity contribution in [3.8, 4) is 11.8 Å². The zero-order chi connectivity index (χ0) is 22.7. The van der Waals surface area contributed by atoms with Crippen LogP contribution in [0.15, 0.2) is 30.3 Å². The minimum Gasteiger partial charge on any atom is -0.469 e. The van der Waals surface area contributed by atoms with Gasteiger partial charge in [0, 0.05) is 18.8 Å². The number of carbonyl (C=O) groups excluding carboxylic acids is 2. The Kier molecular flexibility index (Phi) is 10.2. The van der Waals surface area contributed by atoms with E-state index in [1.54, 1.807) is 6.92 Å². The molecule has 1 aromatic rings. The molecular weight excluding hydrogens is 392 g/mol. The Bertz CT molecular complexity index is 759. The van der Waals surface area contributed by atoms with Gasteiger partial charge in [-0.05, 0) is 44.6 Å². The van der Waals surface area contributed by atoms with Crippen LogP contribution in [0.2, 0.25) is 0 Å². The van der Waals surface area contributed by atoms with Gasteiger partial charge in [0.2, 0.25) is 0 Å². The summed E-state index contributed by atoms with van der Waals surface area (Å²) >= 11 is 0. The minimum atomic E-state index is -1.14. The van der Waals surface area contributed by atoms with E-state index in [9.17, 15) is 19.8 Å². The van der Waals surface area contributed by atoms with Crippen LogP contribution < -0.4 is 0 Å². The molecule has 1 aliphatic rings. The van der Waals surface area contributed by atoms with E-state index in [0.29, 0.717) is 19.3 Å². The first-order valence-corrected chi connectivity index (χ1v) is 11.4. The molecule has 0 saturated heterocycles. The average molecular weight is 429 g/mol. The number of aliphatic hydroxyl groups excluding tert-OH is 1. The molecular formula is C26H36O5. The van der Waals surface area contributed by atoms with Crippen molar-refractivity contribution in [2.24, 2.45) is 11.8 Å². The van der Waals surface area contributed by atoms with Crippen molar-refractivity contribution in [3.05, 3.63) is 35.9 Å². The zero-order valence-electron chi connectivity index (χ0n) is 18.8. The molecule has 5 heteroatoms. The summed E-state index contributed by atoms with van der Waals surface area (Å²) in [6.45, 7) is 1.70. The lowest BCUT2D eigenvalue weighted by Crippen LogP contribution is -2.24. The number of hydrogen-bond donors (Lipinski definition) is 2. The largest absolute Gasteiger partial charge is 0.469 e. The number of aryl methyl sites for hydroxylation is 1. The third-order valence-corrected chi connectivity index (χ3v) is 6.03. The number of ether oxygens (including phenoxy) is 1. The van der Waals surface area contributed by atoms with Crippen molar-refractivity contribution in [1.29, 1.82) is 0 Å². The fourth-order valence-electron chi connectivity index (χ4n) is 4.16. The predicted octanol–water partition coefficient (Wildman–Crippen LogP) is 3.84. The number of aliphatic hydroxyl groups is 2. The molecule has 1 fully saturated rings. The molecule has 0 aromatic heterocycles. The standard InChI is InChI=1S/C26H36O5/c1-26(30,17-10-13-20-11-6-5-7-12-20)18-16-22-21(23(27)19-24(22)28)14-8-3-4-9-15-25(29)31-2/h5-7,11-12,21-22,24,28,30H,3-4,8-10,13-15,17,19H2,1-2H3/t21-,22-,24+,26-/m1/s1. The first kappa shape index (κ1) is 25.1. The Labute approximate surface area is 186 Å². The van der Waals surface area contributed by atoms with Crippen LogP contribution in [0.25, 0.3) is 0 Å². The van der Waals surface area contributed by atoms with E-state index in [2.05, 4.69) is 28.7 Å². The molecule has 0 bridgehead atoms. The van der Waals surface area contributed by atoms with Crippen LogP contribution in [0.5, 0.6) is 0 Å². The summed E-state index contributed by atoms with van der Waals surface area (Å²) in [4.78, 5) is 23.5. The summed E-state index contributed by atoms with van der Waals surface area (Å²) in [5.74, 6) is 5.16. The molecule has 0 spiro atoms. The molecule has 1 aliphatic carbocycles. The molecule has 0 amide bonds. The normalized spacial score (nSPS) is 22.5. The smallest absolute Gasteiger partial charge is 0.305 e. The monoisotopic (exact) mass is 428 g/mol. The van der Waals surface area contributed by atoms with E-state index in [4.69, 9.17) is 0 Å². The predicted molar refractivity (Wildman–Crippen MR) is 120 cm³/mol. The van der Waals surface area contributed by atoms with Gasteiger partial charge in [-0.1, -0.05) is 61.4 Å². The lowest BCUT2D eigenvalue weighted by Gasteiger charge is -2.19. The molecule has 0 radical (unpaired) electrons. The van der Waals surface area contributed by atoms with Gasteiger partial charge in [-0.15, -0.1) is 0 Å². The summed E-state index contributed by atoms with van der Waals surface area (Å²) in [7, 11) is 1.39. The van der Waals surface area contributed by atoms with Crippen LogP contribution in [0.4, 0.5) is 0 Å². The Morgan fingerprint density at radius 1 is 1.16 bits per heavy atom. The molecule has 31 heavy (non-hydrogen) atoms. The Hall–Kier alpha value is -2.16. The SMILES string of the molecule is COC(=O)CCCCCC[C@H]1C(=O)C[C@H](O)[C@@H]1C#C[C@](C)(O)CCCc1ccccc1. The zero-order valence-corrected chi connectivity index (χ0v) is 18.8. The topological polar surface area (TPSA) is 83.8 Å². The lowest BCUT2D eigenvalue weighted by molar-refractivity contribution is -0.140. The number of carbonyl (C=O) groups is 2. The van der Waals surface area contributed by atoms with E-state index in [0.717, 1.165) is 38.5 Å². The van der Waals surface area contributed by atoms with Gasteiger partial charge in [-0.2, -0.15) is 0 Å². The summed E-state index contributed by atoms with van der Waals surface area (Å²) < 4.78 is 4.63. The summed E-state index contributed by atoms with van der Waals surface area (Å²) in [5, 5.41) is 21.0. The number of unbranched alkanes of at least 4 members (excludes halogenated alkanes) is 3. The molecule has 2 N–H and O–H groups in total. The number of methoxy groups -OCH3 is 1. The molecule has 0 unspecified atom stereocenters. The van der Waals surface area contributed by atoms with Gasteiger partial charge in [0.1, 0.15) is 11.4 Å². The number of hydrogen-bond acceptors (Lipinski definition) is 5. The Balaban J connectivity index is 1.81. The quantitative estimate of drug-likeness (QED) is 0.318. The number of Topliss-reactive ketones (excluding diaryl/α,β-unsaturated/α-hetero) is 1.